The molecule has 2 saturated carbocycles. The molecule has 0 amide bonds. The molecule has 5 heteroatoms. The van der Waals surface area contributed by atoms with Gasteiger partial charge in [-0.05, 0) is 31.1 Å². The number of aromatic amines is 2. The summed E-state index contributed by atoms with van der Waals surface area (Å²) in [5.41, 5.74) is -0.225. The van der Waals surface area contributed by atoms with Crippen molar-refractivity contribution in [2.75, 3.05) is 0 Å². The molecule has 3 unspecified atom stereocenters. The van der Waals surface area contributed by atoms with Crippen molar-refractivity contribution in [2.45, 2.75) is 31.8 Å². The molecule has 5 nitrogen and oxygen atoms in total. The van der Waals surface area contributed by atoms with E-state index in [0.29, 0.717) is 18.4 Å². The minimum atomic E-state index is -0.225. The Morgan fingerprint density at radius 1 is 1.50 bits per heavy atom. The van der Waals surface area contributed by atoms with Gasteiger partial charge in [-0.2, -0.15) is 5.10 Å². The van der Waals surface area contributed by atoms with E-state index < -0.39 is 0 Å². The summed E-state index contributed by atoms with van der Waals surface area (Å²) < 4.78 is 0. The largest absolute Gasteiger partial charge is 0.340 e. The highest BCUT2D eigenvalue weighted by atomic mass is 16.1. The Kier molecular flexibility index (Phi) is 1.73. The zero-order valence-corrected chi connectivity index (χ0v) is 7.92. The molecule has 0 saturated heterocycles. The number of aromatic nitrogens is 3. The molecule has 76 valence electrons. The Morgan fingerprint density at radius 3 is 3.00 bits per heavy atom. The smallest absolute Gasteiger partial charge is 0.307 e. The first-order valence-electron chi connectivity index (χ1n) is 5.20. The van der Waals surface area contributed by atoms with Crippen molar-refractivity contribution in [3.8, 4) is 0 Å². The normalized spacial score (nSPS) is 34.4. The molecule has 1 aromatic rings. The summed E-state index contributed by atoms with van der Waals surface area (Å²) >= 11 is 0. The Hall–Kier alpha value is -1.10. The molecule has 2 aliphatic rings. The van der Waals surface area contributed by atoms with Crippen molar-refractivity contribution in [1.29, 1.82) is 0 Å². The lowest BCUT2D eigenvalue weighted by molar-refractivity contribution is 0.467. The van der Waals surface area contributed by atoms with Crippen molar-refractivity contribution < 1.29 is 0 Å². The number of nitrogens with one attached hydrogen (secondary N) is 3. The van der Waals surface area contributed by atoms with Gasteiger partial charge in [0.1, 0.15) is 5.82 Å². The van der Waals surface area contributed by atoms with Crippen LogP contribution in [0.15, 0.2) is 4.79 Å². The molecule has 3 rings (SSSR count). The highest BCUT2D eigenvalue weighted by molar-refractivity contribution is 5.01. The lowest BCUT2D eigenvalue weighted by Crippen LogP contribution is -2.29. The van der Waals surface area contributed by atoms with Crippen molar-refractivity contribution >= 4 is 0 Å². The van der Waals surface area contributed by atoms with Gasteiger partial charge in [0.2, 0.25) is 0 Å². The molecule has 0 aromatic carbocycles. The lowest BCUT2D eigenvalue weighted by Gasteiger charge is -2.12. The Morgan fingerprint density at radius 2 is 2.43 bits per heavy atom. The summed E-state index contributed by atoms with van der Waals surface area (Å²) in [6, 6.07) is 0.653. The average Bonchev–Trinajstić information content (AvgIpc) is 2.66. The predicted octanol–water partition coefficient (Wildman–Crippen LogP) is -0.0139. The van der Waals surface area contributed by atoms with Crippen molar-refractivity contribution in [1.82, 2.24) is 20.5 Å². The molecule has 0 radical (unpaired) electrons. The zero-order chi connectivity index (χ0) is 9.54. The average molecular weight is 194 g/mol. The standard InChI is InChI=1S/C9H14N4O/c14-9-11-8(12-13-9)4-10-7-2-1-5-3-6(5)7/h5-7,10H,1-4H2,(H2,11,12,13,14). The van der Waals surface area contributed by atoms with Gasteiger partial charge in [0, 0.05) is 6.04 Å². The number of hydrogen-bond acceptors (Lipinski definition) is 3. The van der Waals surface area contributed by atoms with Crippen LogP contribution in [0.1, 0.15) is 25.1 Å². The second kappa shape index (κ2) is 2.95. The van der Waals surface area contributed by atoms with E-state index in [0.717, 1.165) is 11.8 Å². The fourth-order valence-electron chi connectivity index (χ4n) is 2.57. The fraction of sp³-hybridized carbons (Fsp3) is 0.778. The van der Waals surface area contributed by atoms with E-state index in [1.54, 1.807) is 0 Å². The fourth-order valence-corrected chi connectivity index (χ4v) is 2.57. The van der Waals surface area contributed by atoms with Crippen molar-refractivity contribution in [3.63, 3.8) is 0 Å². The van der Waals surface area contributed by atoms with Crippen LogP contribution >= 0.6 is 0 Å². The van der Waals surface area contributed by atoms with Gasteiger partial charge in [-0.3, -0.25) is 4.98 Å². The maximum absolute atomic E-state index is 10.8. The third kappa shape index (κ3) is 1.37. The summed E-state index contributed by atoms with van der Waals surface area (Å²) in [5.74, 6) is 2.60. The van der Waals surface area contributed by atoms with E-state index in [2.05, 4.69) is 20.5 Å². The first-order valence-corrected chi connectivity index (χ1v) is 5.20. The summed E-state index contributed by atoms with van der Waals surface area (Å²) in [6.45, 7) is 0.673. The molecule has 3 N–H and O–H groups in total. The quantitative estimate of drug-likeness (QED) is 0.633. The SMILES string of the molecule is O=c1[nH]nc(CNC2CCC3CC32)[nH]1. The molecule has 14 heavy (non-hydrogen) atoms. The van der Waals surface area contributed by atoms with Gasteiger partial charge in [0.15, 0.2) is 0 Å². The van der Waals surface area contributed by atoms with Crippen LogP contribution in [0.5, 0.6) is 0 Å². The molecule has 0 bridgehead atoms. The predicted molar refractivity (Wildman–Crippen MR) is 50.7 cm³/mol. The third-order valence-electron chi connectivity index (χ3n) is 3.42. The van der Waals surface area contributed by atoms with Gasteiger partial charge in [-0.25, -0.2) is 9.89 Å². The van der Waals surface area contributed by atoms with Crippen LogP contribution in [0.25, 0.3) is 0 Å². The van der Waals surface area contributed by atoms with Crippen LogP contribution in [0.3, 0.4) is 0 Å². The minimum Gasteiger partial charge on any atom is -0.307 e. The number of hydrogen-bond donors (Lipinski definition) is 3. The third-order valence-corrected chi connectivity index (χ3v) is 3.42. The first kappa shape index (κ1) is 8.23. The summed E-state index contributed by atoms with van der Waals surface area (Å²) in [5, 5.41) is 9.67. The number of rotatable bonds is 3. The molecular weight excluding hydrogens is 180 g/mol. The van der Waals surface area contributed by atoms with Crippen LogP contribution in [0, 0.1) is 11.8 Å². The summed E-state index contributed by atoms with van der Waals surface area (Å²) in [7, 11) is 0. The lowest BCUT2D eigenvalue weighted by atomic mass is 10.2. The molecular formula is C9H14N4O. The van der Waals surface area contributed by atoms with E-state index in [1.807, 2.05) is 0 Å². The Labute approximate surface area is 81.3 Å². The maximum atomic E-state index is 10.8. The summed E-state index contributed by atoms with van der Waals surface area (Å²) in [4.78, 5) is 13.4. The monoisotopic (exact) mass is 194 g/mol. The first-order chi connectivity index (χ1) is 6.83. The molecule has 2 aliphatic carbocycles. The van der Waals surface area contributed by atoms with Crippen molar-refractivity contribution in [2.24, 2.45) is 11.8 Å². The van der Waals surface area contributed by atoms with E-state index in [-0.39, 0.29) is 5.69 Å². The van der Waals surface area contributed by atoms with Crippen LogP contribution in [-0.2, 0) is 6.54 Å². The van der Waals surface area contributed by atoms with E-state index in [1.165, 1.54) is 19.3 Å². The van der Waals surface area contributed by atoms with Crippen LogP contribution in [0.2, 0.25) is 0 Å². The van der Waals surface area contributed by atoms with Crippen LogP contribution in [-0.4, -0.2) is 21.2 Å². The molecule has 0 spiro atoms. The summed E-state index contributed by atoms with van der Waals surface area (Å²) in [6.07, 6.45) is 4.05. The Balaban J connectivity index is 1.56. The van der Waals surface area contributed by atoms with Gasteiger partial charge in [0.25, 0.3) is 0 Å². The maximum Gasteiger partial charge on any atom is 0.340 e. The van der Waals surface area contributed by atoms with Gasteiger partial charge >= 0.3 is 5.69 Å². The van der Waals surface area contributed by atoms with E-state index >= 15 is 0 Å². The molecule has 2 fully saturated rings. The van der Waals surface area contributed by atoms with Crippen molar-refractivity contribution in [3.05, 3.63) is 16.3 Å². The highest BCUT2D eigenvalue weighted by Gasteiger charge is 2.47. The Bertz CT molecular complexity index is 382. The molecule has 0 aliphatic heterocycles. The molecule has 1 aromatic heterocycles. The van der Waals surface area contributed by atoms with Gasteiger partial charge in [0.05, 0.1) is 6.54 Å². The number of nitrogens with zero attached hydrogens (tertiary/aromatic N) is 1. The second-order valence-corrected chi connectivity index (χ2v) is 4.35. The van der Waals surface area contributed by atoms with Crippen LogP contribution in [0.4, 0.5) is 0 Å². The van der Waals surface area contributed by atoms with Gasteiger partial charge < -0.3 is 5.32 Å². The van der Waals surface area contributed by atoms with E-state index in [4.69, 9.17) is 0 Å². The minimum absolute atomic E-state index is 0.225. The van der Waals surface area contributed by atoms with Crippen LogP contribution < -0.4 is 11.0 Å². The second-order valence-electron chi connectivity index (χ2n) is 4.35. The van der Waals surface area contributed by atoms with Gasteiger partial charge in [-0.1, -0.05) is 0 Å². The van der Waals surface area contributed by atoms with E-state index in [9.17, 15) is 4.79 Å². The number of H-pyrrole nitrogens is 2. The topological polar surface area (TPSA) is 73.6 Å². The molecule has 1 heterocycles. The zero-order valence-electron chi connectivity index (χ0n) is 7.92. The molecule has 3 atom stereocenters. The van der Waals surface area contributed by atoms with Gasteiger partial charge in [-0.15, -0.1) is 0 Å². The highest BCUT2D eigenvalue weighted by Crippen LogP contribution is 2.51. The number of fused-ring (bicyclic) bond motifs is 1.